The Labute approximate surface area is 185 Å². The molecule has 10 nitrogen and oxygen atoms in total. The number of nitrogens with one attached hydrogen (secondary N) is 1. The van der Waals surface area contributed by atoms with E-state index in [-0.39, 0.29) is 23.7 Å². The third-order valence-electron chi connectivity index (χ3n) is 4.69. The van der Waals surface area contributed by atoms with Gasteiger partial charge in [-0.25, -0.2) is 12.7 Å². The van der Waals surface area contributed by atoms with E-state index in [9.17, 15) is 22.8 Å². The van der Waals surface area contributed by atoms with Gasteiger partial charge < -0.3 is 14.8 Å². The number of aryl methyl sites for hydroxylation is 1. The normalized spacial score (nSPS) is 13.4. The summed E-state index contributed by atoms with van der Waals surface area (Å²) in [5, 5.41) is 2.50. The molecule has 0 saturated carbocycles. The molecule has 1 aliphatic rings. The number of para-hydroxylation sites is 2. The number of nitrogens with zero attached hydrogens (tertiary/aromatic N) is 2. The average molecular weight is 461 g/mol. The van der Waals surface area contributed by atoms with Gasteiger partial charge in [-0.05, 0) is 36.8 Å². The van der Waals surface area contributed by atoms with E-state index >= 15 is 0 Å². The molecule has 3 rings (SSSR count). The second kappa shape index (κ2) is 9.37. The minimum absolute atomic E-state index is 0.0572. The molecule has 0 saturated heterocycles. The molecule has 0 aliphatic carbocycles. The van der Waals surface area contributed by atoms with E-state index in [2.05, 4.69) is 5.32 Å². The van der Waals surface area contributed by atoms with Crippen molar-refractivity contribution in [1.29, 1.82) is 0 Å². The van der Waals surface area contributed by atoms with Crippen LogP contribution in [-0.2, 0) is 29.1 Å². The summed E-state index contributed by atoms with van der Waals surface area (Å²) >= 11 is 0. The maximum atomic E-state index is 12.4. The van der Waals surface area contributed by atoms with E-state index in [1.54, 1.807) is 43.3 Å². The fourth-order valence-electron chi connectivity index (χ4n) is 3.00. The van der Waals surface area contributed by atoms with Crippen LogP contribution in [0.4, 0.5) is 11.4 Å². The lowest BCUT2D eigenvalue weighted by Crippen LogP contribution is -2.42. The maximum absolute atomic E-state index is 12.4. The lowest BCUT2D eigenvalue weighted by Gasteiger charge is -2.28. The summed E-state index contributed by atoms with van der Waals surface area (Å²) in [5.41, 5.74) is 1.22. The topological polar surface area (TPSA) is 122 Å². The summed E-state index contributed by atoms with van der Waals surface area (Å²) in [6.07, 6.45) is 0. The molecule has 2 amide bonds. The Morgan fingerprint density at radius 1 is 1.19 bits per heavy atom. The van der Waals surface area contributed by atoms with Crippen molar-refractivity contribution in [1.82, 2.24) is 4.31 Å². The van der Waals surface area contributed by atoms with Crippen LogP contribution < -0.4 is 15.0 Å². The minimum atomic E-state index is -3.69. The first-order valence-corrected chi connectivity index (χ1v) is 11.0. The van der Waals surface area contributed by atoms with Crippen LogP contribution in [0.25, 0.3) is 0 Å². The van der Waals surface area contributed by atoms with Crippen LogP contribution in [0, 0.1) is 6.92 Å². The third-order valence-corrected chi connectivity index (χ3v) is 6.65. The van der Waals surface area contributed by atoms with Crippen LogP contribution >= 0.6 is 0 Å². The zero-order valence-electron chi connectivity index (χ0n) is 17.8. The highest BCUT2D eigenvalue weighted by Crippen LogP contribution is 2.31. The molecule has 0 unspecified atom stereocenters. The van der Waals surface area contributed by atoms with Crippen molar-refractivity contribution in [2.75, 3.05) is 44.1 Å². The number of hydrogen-bond donors (Lipinski definition) is 1. The van der Waals surface area contributed by atoms with Crippen LogP contribution in [0.2, 0.25) is 0 Å². The van der Waals surface area contributed by atoms with E-state index in [1.807, 2.05) is 0 Å². The van der Waals surface area contributed by atoms with Crippen molar-refractivity contribution in [2.45, 2.75) is 11.8 Å². The minimum Gasteiger partial charge on any atom is -0.482 e. The predicted octanol–water partition coefficient (Wildman–Crippen LogP) is 1.15. The van der Waals surface area contributed by atoms with Crippen LogP contribution in [0.15, 0.2) is 47.4 Å². The second-order valence-corrected chi connectivity index (χ2v) is 9.33. The fraction of sp³-hybridized carbons (Fsp3) is 0.286. The van der Waals surface area contributed by atoms with Crippen molar-refractivity contribution in [3.8, 4) is 5.75 Å². The molecule has 11 heteroatoms. The van der Waals surface area contributed by atoms with Crippen molar-refractivity contribution in [2.24, 2.45) is 0 Å². The number of amides is 2. The van der Waals surface area contributed by atoms with Gasteiger partial charge in [0.2, 0.25) is 10.0 Å². The van der Waals surface area contributed by atoms with Crippen LogP contribution in [-0.4, -0.2) is 64.4 Å². The number of benzene rings is 2. The number of esters is 1. The number of anilines is 2. The number of sulfonamides is 1. The Hall–Kier alpha value is -3.44. The van der Waals surface area contributed by atoms with Gasteiger partial charge in [-0.3, -0.25) is 19.3 Å². The first-order valence-electron chi connectivity index (χ1n) is 9.60. The first kappa shape index (κ1) is 23.2. The Morgan fingerprint density at radius 3 is 2.62 bits per heavy atom. The Bertz CT molecular complexity index is 1160. The van der Waals surface area contributed by atoms with Gasteiger partial charge in [0.1, 0.15) is 12.3 Å². The Morgan fingerprint density at radius 2 is 1.91 bits per heavy atom. The monoisotopic (exact) mass is 461 g/mol. The third kappa shape index (κ3) is 5.06. The van der Waals surface area contributed by atoms with Gasteiger partial charge in [0.25, 0.3) is 11.8 Å². The van der Waals surface area contributed by atoms with Crippen LogP contribution in [0.5, 0.6) is 5.75 Å². The van der Waals surface area contributed by atoms with E-state index in [1.165, 1.54) is 25.1 Å². The fourth-order valence-corrected chi connectivity index (χ4v) is 4.14. The summed E-state index contributed by atoms with van der Waals surface area (Å²) < 4.78 is 36.2. The van der Waals surface area contributed by atoms with E-state index in [0.29, 0.717) is 17.0 Å². The molecule has 0 atom stereocenters. The van der Waals surface area contributed by atoms with Gasteiger partial charge in [-0.2, -0.15) is 0 Å². The Kier molecular flexibility index (Phi) is 6.80. The van der Waals surface area contributed by atoms with Gasteiger partial charge >= 0.3 is 5.97 Å². The standard InChI is InChI=1S/C21H23N3O7S/c1-14-8-9-15(10-18(14)32(28,29)23(2)3)22-19(25)12-31-21(27)11-24-16-6-4-5-7-17(16)30-13-20(24)26/h4-10H,11-13H2,1-3H3,(H,22,25). The zero-order valence-corrected chi connectivity index (χ0v) is 18.6. The molecule has 1 N–H and O–H groups in total. The molecule has 2 aromatic rings. The molecule has 170 valence electrons. The van der Waals surface area contributed by atoms with Crippen molar-refractivity contribution < 1.29 is 32.3 Å². The number of ether oxygens (including phenoxy) is 2. The van der Waals surface area contributed by atoms with E-state index in [0.717, 1.165) is 4.31 Å². The molecule has 0 fully saturated rings. The van der Waals surface area contributed by atoms with E-state index in [4.69, 9.17) is 9.47 Å². The second-order valence-electron chi connectivity index (χ2n) is 7.21. The van der Waals surface area contributed by atoms with Crippen molar-refractivity contribution in [3.05, 3.63) is 48.0 Å². The van der Waals surface area contributed by atoms with Crippen LogP contribution in [0.1, 0.15) is 5.56 Å². The van der Waals surface area contributed by atoms with E-state index < -0.39 is 34.4 Å². The average Bonchev–Trinajstić information content (AvgIpc) is 2.75. The summed E-state index contributed by atoms with van der Waals surface area (Å²) in [6, 6.07) is 11.2. The SMILES string of the molecule is Cc1ccc(NC(=O)COC(=O)CN2C(=O)COc3ccccc32)cc1S(=O)(=O)N(C)C. The maximum Gasteiger partial charge on any atom is 0.326 e. The quantitative estimate of drug-likeness (QED) is 0.614. The lowest BCUT2D eigenvalue weighted by molar-refractivity contribution is -0.146. The molecule has 1 heterocycles. The number of carbonyl (C=O) groups is 3. The Balaban J connectivity index is 1.60. The highest BCUT2D eigenvalue weighted by Gasteiger charge is 2.27. The summed E-state index contributed by atoms with van der Waals surface area (Å²) in [5.74, 6) is -1.35. The predicted molar refractivity (Wildman–Crippen MR) is 116 cm³/mol. The molecule has 0 bridgehead atoms. The van der Waals surface area contributed by atoms with Gasteiger partial charge in [0, 0.05) is 19.8 Å². The molecular formula is C21H23N3O7S. The van der Waals surface area contributed by atoms with Crippen molar-refractivity contribution in [3.63, 3.8) is 0 Å². The molecule has 2 aromatic carbocycles. The number of carbonyl (C=O) groups excluding carboxylic acids is 3. The highest BCUT2D eigenvalue weighted by molar-refractivity contribution is 7.89. The smallest absolute Gasteiger partial charge is 0.326 e. The van der Waals surface area contributed by atoms with Crippen LogP contribution in [0.3, 0.4) is 0 Å². The van der Waals surface area contributed by atoms with Gasteiger partial charge in [-0.1, -0.05) is 18.2 Å². The molecular weight excluding hydrogens is 438 g/mol. The number of fused-ring (bicyclic) bond motifs is 1. The summed E-state index contributed by atoms with van der Waals surface area (Å²) in [4.78, 5) is 37.8. The van der Waals surface area contributed by atoms with Crippen molar-refractivity contribution >= 4 is 39.2 Å². The molecule has 0 aromatic heterocycles. The number of rotatable bonds is 7. The summed E-state index contributed by atoms with van der Waals surface area (Å²) in [7, 11) is -0.861. The highest BCUT2D eigenvalue weighted by atomic mass is 32.2. The zero-order chi connectivity index (χ0) is 23.5. The van der Waals surface area contributed by atoms with Gasteiger partial charge in [0.05, 0.1) is 10.6 Å². The van der Waals surface area contributed by atoms with Gasteiger partial charge in [-0.15, -0.1) is 0 Å². The number of hydrogen-bond acceptors (Lipinski definition) is 7. The molecule has 0 radical (unpaired) electrons. The van der Waals surface area contributed by atoms with Gasteiger partial charge in [0.15, 0.2) is 13.2 Å². The lowest BCUT2D eigenvalue weighted by atomic mass is 10.2. The largest absolute Gasteiger partial charge is 0.482 e. The molecule has 32 heavy (non-hydrogen) atoms. The summed E-state index contributed by atoms with van der Waals surface area (Å²) in [6.45, 7) is 0.482. The first-order chi connectivity index (χ1) is 15.1. The molecule has 0 spiro atoms. The molecule has 1 aliphatic heterocycles.